The van der Waals surface area contributed by atoms with Gasteiger partial charge in [-0.25, -0.2) is 0 Å². The van der Waals surface area contributed by atoms with Crippen LogP contribution in [-0.2, 0) is 6.42 Å². The molecule has 3 heterocycles. The highest BCUT2D eigenvalue weighted by Gasteiger charge is 2.33. The number of carbonyl (C=O) groups is 1. The van der Waals surface area contributed by atoms with Gasteiger partial charge in [-0.1, -0.05) is 12.1 Å². The molecule has 6 nitrogen and oxygen atoms in total. The number of amides is 1. The lowest BCUT2D eigenvalue weighted by Crippen LogP contribution is -2.39. The highest BCUT2D eigenvalue weighted by molar-refractivity contribution is 5.96. The first kappa shape index (κ1) is 14.8. The van der Waals surface area contributed by atoms with Crippen LogP contribution in [0.15, 0.2) is 10.7 Å². The number of hydrogen-bond donors (Lipinski definition) is 1. The van der Waals surface area contributed by atoms with Gasteiger partial charge >= 0.3 is 0 Å². The van der Waals surface area contributed by atoms with Crippen LogP contribution in [0.25, 0.3) is 0 Å². The number of hydrogen-bond acceptors (Lipinski definition) is 4. The second kappa shape index (κ2) is 5.94. The molecule has 0 aliphatic carbocycles. The van der Waals surface area contributed by atoms with Crippen molar-refractivity contribution in [2.75, 3.05) is 6.54 Å². The van der Waals surface area contributed by atoms with Gasteiger partial charge in [0.25, 0.3) is 5.91 Å². The highest BCUT2D eigenvalue weighted by atomic mass is 16.5. The Morgan fingerprint density at radius 3 is 2.95 bits per heavy atom. The minimum absolute atomic E-state index is 0.0225. The van der Waals surface area contributed by atoms with E-state index >= 15 is 0 Å². The fraction of sp³-hybridized carbons (Fsp3) is 0.562. The van der Waals surface area contributed by atoms with E-state index in [4.69, 9.17) is 4.52 Å². The molecule has 1 aliphatic heterocycles. The van der Waals surface area contributed by atoms with Crippen LogP contribution >= 0.6 is 0 Å². The van der Waals surface area contributed by atoms with E-state index in [1.54, 1.807) is 6.92 Å². The molecular weight excluding hydrogens is 280 g/mol. The Morgan fingerprint density at radius 1 is 1.45 bits per heavy atom. The van der Waals surface area contributed by atoms with Crippen molar-refractivity contribution in [2.45, 2.75) is 52.5 Å². The van der Waals surface area contributed by atoms with Crippen LogP contribution in [-0.4, -0.2) is 32.7 Å². The van der Waals surface area contributed by atoms with E-state index in [0.29, 0.717) is 17.7 Å². The average molecular weight is 302 g/mol. The third-order valence-electron chi connectivity index (χ3n) is 4.45. The van der Waals surface area contributed by atoms with E-state index in [9.17, 15) is 4.79 Å². The number of carbonyl (C=O) groups excluding carboxylic acids is 1. The monoisotopic (exact) mass is 302 g/mol. The first-order valence-corrected chi connectivity index (χ1v) is 7.89. The standard InChI is InChI=1S/C16H22N4O2/c1-4-12-14(11(3)22-19-12)16(21)20-8-6-5-7-13(20)15-10(2)9-17-18-15/h9,13H,4-8H2,1-3H3,(H,17,18)/t13-/m1/s1. The minimum Gasteiger partial charge on any atom is -0.361 e. The topological polar surface area (TPSA) is 75.0 Å². The molecule has 1 saturated heterocycles. The first-order valence-electron chi connectivity index (χ1n) is 7.89. The third-order valence-corrected chi connectivity index (χ3v) is 4.45. The van der Waals surface area contributed by atoms with Crippen molar-refractivity contribution >= 4 is 5.91 Å². The Labute approximate surface area is 129 Å². The molecule has 1 aliphatic rings. The Hall–Kier alpha value is -2.11. The van der Waals surface area contributed by atoms with Crippen LogP contribution in [0, 0.1) is 13.8 Å². The van der Waals surface area contributed by atoms with Crippen LogP contribution in [0.3, 0.4) is 0 Å². The number of nitrogens with one attached hydrogen (secondary N) is 1. The number of likely N-dealkylation sites (tertiary alicyclic amines) is 1. The van der Waals surface area contributed by atoms with E-state index in [1.165, 1.54) is 0 Å². The van der Waals surface area contributed by atoms with E-state index in [1.807, 2.05) is 24.9 Å². The summed E-state index contributed by atoms with van der Waals surface area (Å²) in [4.78, 5) is 15.0. The van der Waals surface area contributed by atoms with Gasteiger partial charge in [0.15, 0.2) is 0 Å². The molecule has 0 unspecified atom stereocenters. The molecule has 0 aromatic carbocycles. The summed E-state index contributed by atoms with van der Waals surface area (Å²) in [7, 11) is 0. The molecule has 0 spiro atoms. The fourth-order valence-corrected chi connectivity index (χ4v) is 3.25. The molecule has 6 heteroatoms. The van der Waals surface area contributed by atoms with Crippen molar-refractivity contribution < 1.29 is 9.32 Å². The summed E-state index contributed by atoms with van der Waals surface area (Å²) < 4.78 is 5.23. The second-order valence-corrected chi connectivity index (χ2v) is 5.89. The zero-order chi connectivity index (χ0) is 15.7. The number of aromatic amines is 1. The molecule has 1 fully saturated rings. The summed E-state index contributed by atoms with van der Waals surface area (Å²) >= 11 is 0. The zero-order valence-corrected chi connectivity index (χ0v) is 13.3. The predicted octanol–water partition coefficient (Wildman–Crippen LogP) is 2.94. The largest absolute Gasteiger partial charge is 0.361 e. The molecule has 2 aromatic heterocycles. The lowest BCUT2D eigenvalue weighted by Gasteiger charge is -2.35. The first-order chi connectivity index (χ1) is 10.6. The quantitative estimate of drug-likeness (QED) is 0.946. The molecule has 118 valence electrons. The van der Waals surface area contributed by atoms with Gasteiger partial charge in [0, 0.05) is 6.54 Å². The number of H-pyrrole nitrogens is 1. The lowest BCUT2D eigenvalue weighted by atomic mass is 9.96. The van der Waals surface area contributed by atoms with E-state index in [-0.39, 0.29) is 11.9 Å². The third kappa shape index (κ3) is 2.42. The smallest absolute Gasteiger partial charge is 0.259 e. The van der Waals surface area contributed by atoms with Crippen molar-refractivity contribution in [3.05, 3.63) is 34.5 Å². The molecule has 2 aromatic rings. The molecule has 1 atom stereocenters. The summed E-state index contributed by atoms with van der Waals surface area (Å²) in [6, 6.07) is 0.0581. The second-order valence-electron chi connectivity index (χ2n) is 5.89. The van der Waals surface area contributed by atoms with Crippen molar-refractivity contribution in [1.29, 1.82) is 0 Å². The van der Waals surface area contributed by atoms with Crippen LogP contribution < -0.4 is 0 Å². The highest BCUT2D eigenvalue weighted by Crippen LogP contribution is 2.33. The molecule has 1 N–H and O–H groups in total. The summed E-state index contributed by atoms with van der Waals surface area (Å²) in [6.07, 6.45) is 5.62. The summed E-state index contributed by atoms with van der Waals surface area (Å²) in [5.41, 5.74) is 3.52. The number of aromatic nitrogens is 3. The Balaban J connectivity index is 1.95. The van der Waals surface area contributed by atoms with Crippen LogP contribution in [0.4, 0.5) is 0 Å². The summed E-state index contributed by atoms with van der Waals surface area (Å²) in [5, 5.41) is 11.2. The molecule has 1 amide bonds. The van der Waals surface area contributed by atoms with Gasteiger partial charge in [-0.05, 0) is 45.1 Å². The lowest BCUT2D eigenvalue weighted by molar-refractivity contribution is 0.0602. The van der Waals surface area contributed by atoms with Crippen molar-refractivity contribution in [2.24, 2.45) is 0 Å². The number of rotatable bonds is 3. The normalized spacial score (nSPS) is 18.7. The number of nitrogens with zero attached hydrogens (tertiary/aromatic N) is 3. The molecular formula is C16H22N4O2. The van der Waals surface area contributed by atoms with Crippen LogP contribution in [0.2, 0.25) is 0 Å². The fourth-order valence-electron chi connectivity index (χ4n) is 3.25. The van der Waals surface area contributed by atoms with Gasteiger partial charge in [0.05, 0.1) is 23.6 Å². The molecule has 3 rings (SSSR count). The maximum absolute atomic E-state index is 13.1. The SMILES string of the molecule is CCc1noc(C)c1C(=O)N1CCCC[C@@H]1c1[nH]ncc1C. The minimum atomic E-state index is 0.0225. The van der Waals surface area contributed by atoms with E-state index in [2.05, 4.69) is 15.4 Å². The zero-order valence-electron chi connectivity index (χ0n) is 13.3. The van der Waals surface area contributed by atoms with E-state index in [0.717, 1.165) is 42.8 Å². The Kier molecular flexibility index (Phi) is 4.00. The number of piperidine rings is 1. The molecule has 0 bridgehead atoms. The van der Waals surface area contributed by atoms with Crippen LogP contribution in [0.5, 0.6) is 0 Å². The van der Waals surface area contributed by atoms with Crippen molar-refractivity contribution in [3.63, 3.8) is 0 Å². The molecule has 0 saturated carbocycles. The van der Waals surface area contributed by atoms with Crippen molar-refractivity contribution in [3.8, 4) is 0 Å². The summed E-state index contributed by atoms with van der Waals surface area (Å²) in [5.74, 6) is 0.627. The van der Waals surface area contributed by atoms with Gasteiger partial charge in [-0.15, -0.1) is 0 Å². The molecule has 22 heavy (non-hydrogen) atoms. The van der Waals surface area contributed by atoms with Gasteiger partial charge in [-0.2, -0.15) is 5.10 Å². The van der Waals surface area contributed by atoms with E-state index < -0.39 is 0 Å². The summed E-state index contributed by atoms with van der Waals surface area (Å²) in [6.45, 7) is 6.58. The Bertz CT molecular complexity index is 673. The van der Waals surface area contributed by atoms with Gasteiger partial charge in [0.1, 0.15) is 11.3 Å². The molecule has 0 radical (unpaired) electrons. The van der Waals surface area contributed by atoms with Gasteiger partial charge in [-0.3, -0.25) is 9.89 Å². The van der Waals surface area contributed by atoms with Crippen LogP contribution in [0.1, 0.15) is 65.3 Å². The Morgan fingerprint density at radius 2 is 2.27 bits per heavy atom. The van der Waals surface area contributed by atoms with Crippen molar-refractivity contribution in [1.82, 2.24) is 20.3 Å². The maximum Gasteiger partial charge on any atom is 0.259 e. The van der Waals surface area contributed by atoms with Gasteiger partial charge < -0.3 is 9.42 Å². The predicted molar refractivity (Wildman–Crippen MR) is 81.6 cm³/mol. The average Bonchev–Trinajstić information content (AvgIpc) is 3.12. The maximum atomic E-state index is 13.1. The number of aryl methyl sites for hydroxylation is 3. The van der Waals surface area contributed by atoms with Gasteiger partial charge in [0.2, 0.25) is 0 Å².